The molecule has 1 fully saturated rings. The molecule has 1 heterocycles. The van der Waals surface area contributed by atoms with Gasteiger partial charge >= 0.3 is 411 Å². The summed E-state index contributed by atoms with van der Waals surface area (Å²) in [5.74, 6) is 0. The average molecular weight is 1280 g/mol. The molecule has 50 heteroatoms. The van der Waals surface area contributed by atoms with Gasteiger partial charge < -0.3 is 45.9 Å². The molecule has 0 aromatic heterocycles. The largest absolute Gasteiger partial charge is 1.00 e. The van der Waals surface area contributed by atoms with Crippen molar-refractivity contribution in [3.63, 3.8) is 0 Å². The van der Waals surface area contributed by atoms with Crippen molar-refractivity contribution in [2.75, 3.05) is 19.8 Å². The van der Waals surface area contributed by atoms with Gasteiger partial charge in [0.2, 0.25) is 83.2 Å². The molecule has 1 aliphatic heterocycles. The fourth-order valence-corrected chi connectivity index (χ4v) is 7.23. The smallest absolute Gasteiger partial charge is 0.726 e. The minimum Gasteiger partial charge on any atom is -0.726 e. The van der Waals surface area contributed by atoms with Gasteiger partial charge in [0.15, 0.2) is 12.4 Å². The second-order valence-electron chi connectivity index (χ2n) is 8.73. The van der Waals surface area contributed by atoms with E-state index in [1.807, 2.05) is 0 Å². The zero-order valence-corrected chi connectivity index (χ0v) is 63.4. The number of hydrogen-bond donors (Lipinski definition) is 0. The van der Waals surface area contributed by atoms with Gasteiger partial charge in [0.25, 0.3) is 0 Å². The average Bonchev–Trinajstić information content (AvgIpc) is 2.84. The topological polar surface area (TPSA) is 550 Å². The summed E-state index contributed by atoms with van der Waals surface area (Å²) in [6.45, 7) is -6.33. The van der Waals surface area contributed by atoms with Crippen LogP contribution in [0.1, 0.15) is 7.43 Å². The van der Waals surface area contributed by atoms with Crippen molar-refractivity contribution in [3.05, 3.63) is 0 Å². The Morgan fingerprint density at radius 2 is 0.726 bits per heavy atom. The maximum atomic E-state index is 11.5. The Hall–Kier alpha value is 12.0. The number of hydrogen-bond acceptors (Lipinski definition) is 34. The molecular formula is C12H18K8O34S8. The molecule has 1 rings (SSSR count). The first-order valence-corrected chi connectivity index (χ1v) is 22.2. The molecule has 0 radical (unpaired) electrons. The van der Waals surface area contributed by atoms with Gasteiger partial charge in [0.05, 0.1) is 19.8 Å². The Bertz CT molecular complexity index is 2190. The quantitative estimate of drug-likeness (QED) is 0.0521. The molecule has 0 bridgehead atoms. The first kappa shape index (κ1) is 93.3. The maximum absolute atomic E-state index is 11.5. The molecule has 1 saturated heterocycles. The van der Waals surface area contributed by atoms with Crippen LogP contribution in [0.4, 0.5) is 0 Å². The van der Waals surface area contributed by atoms with Crippen molar-refractivity contribution in [2.45, 2.75) is 56.4 Å². The molecule has 34 nitrogen and oxygen atoms in total. The molecule has 0 aromatic rings. The Morgan fingerprint density at radius 1 is 0.419 bits per heavy atom. The summed E-state index contributed by atoms with van der Waals surface area (Å²) in [4.78, 5) is 0. The SMILES string of the molecule is C.O=S(=O)([O-])OC[C@@H](OS(=O)(=O)[O-])[C@@H](OS(=O)(=O)[O-])[C@H](OS(=O)(=O)[O-])[C@@H](CO[C@@H]1OC[C@@H](OS(=O)(=O)[O-])[C@H](OS(=O)(=O)[O-])[C@H]1OS(=O)(=O)[O-])OS(=O)(=O)[O-].[K+].[K+].[K+].[K+].[K+].[K+].[K+].[K+]. The van der Waals surface area contributed by atoms with Crippen LogP contribution in [0.15, 0.2) is 0 Å². The van der Waals surface area contributed by atoms with E-state index in [0.717, 1.165) is 0 Å². The summed E-state index contributed by atoms with van der Waals surface area (Å²) in [6.07, 6.45) is -27.2. The molecule has 0 saturated carbocycles. The van der Waals surface area contributed by atoms with Crippen molar-refractivity contribution < 1.29 is 558 Å². The second kappa shape index (κ2) is 40.2. The molecule has 0 N–H and O–H groups in total. The summed E-state index contributed by atoms with van der Waals surface area (Å²) >= 11 is 0. The van der Waals surface area contributed by atoms with Crippen molar-refractivity contribution in [1.29, 1.82) is 0 Å². The fraction of sp³-hybridized carbons (Fsp3) is 1.00. The van der Waals surface area contributed by atoms with Crippen LogP contribution in [0.2, 0.25) is 0 Å². The van der Waals surface area contributed by atoms with E-state index in [0.29, 0.717) is 0 Å². The molecule has 0 aliphatic carbocycles. The molecule has 8 atom stereocenters. The Morgan fingerprint density at radius 3 is 1.02 bits per heavy atom. The standard InChI is InChI=1S/C11H22O34S8.CH4.8K/c12-46(13,14)38-3-6(41-49(21,22)23)8(43-51(27,28)29)7(42-50(24,25)26)4(39-47(15,16)17)1-36-11-10(45-53(33,34)35)9(44-52(30,31)32)5(2-37-11)40-48(18,19)20;;;;;;;;;/h4-11H,1-3H2,(H,12,13,14)(H,15,16,17)(H,18,19,20)(H,21,22,23)(H,24,25,26)(H,27,28,29)(H,30,31,32)(H,33,34,35);1H4;;;;;;;;/q;;8*+1/p-8/t4-,5-,6-,7-,8-,9+,10-,11-;;;;;;;;;/m1........./s1. The van der Waals surface area contributed by atoms with Crippen molar-refractivity contribution in [1.82, 2.24) is 0 Å². The summed E-state index contributed by atoms with van der Waals surface area (Å²) in [5.41, 5.74) is 0. The van der Waals surface area contributed by atoms with Crippen LogP contribution in [0.5, 0.6) is 0 Å². The summed E-state index contributed by atoms with van der Waals surface area (Å²) in [6, 6.07) is 0. The zero-order valence-electron chi connectivity index (χ0n) is 31.9. The van der Waals surface area contributed by atoms with Crippen molar-refractivity contribution in [3.8, 4) is 0 Å². The molecule has 0 spiro atoms. The van der Waals surface area contributed by atoms with Gasteiger partial charge in [0.1, 0.15) is 36.6 Å². The first-order valence-electron chi connectivity index (χ1n) is 11.5. The third-order valence-electron chi connectivity index (χ3n) is 4.88. The van der Waals surface area contributed by atoms with E-state index < -0.39 is 152 Å². The molecule has 62 heavy (non-hydrogen) atoms. The first-order chi connectivity index (χ1) is 23.2. The maximum Gasteiger partial charge on any atom is 1.00 e. The summed E-state index contributed by atoms with van der Waals surface area (Å²) in [5, 5.41) is 0. The molecular weight excluding hydrogens is 1260 g/mol. The van der Waals surface area contributed by atoms with Gasteiger partial charge in [-0.1, -0.05) is 7.43 Å². The van der Waals surface area contributed by atoms with E-state index in [4.69, 9.17) is 0 Å². The van der Waals surface area contributed by atoms with E-state index >= 15 is 0 Å². The van der Waals surface area contributed by atoms with Crippen LogP contribution < -0.4 is 411 Å². The van der Waals surface area contributed by atoms with Gasteiger partial charge in [-0.2, -0.15) is 0 Å². The Balaban J connectivity index is -0.000000446. The molecule has 326 valence electrons. The Kier molecular flexibility index (Phi) is 60.5. The third kappa shape index (κ3) is 47.9. The molecule has 0 amide bonds. The summed E-state index contributed by atoms with van der Waals surface area (Å²) in [7, 11) is -50.9. The molecule has 1 aliphatic rings. The van der Waals surface area contributed by atoms with Crippen LogP contribution in [0.3, 0.4) is 0 Å². The minimum absolute atomic E-state index is 0. The van der Waals surface area contributed by atoms with E-state index in [9.17, 15) is 104 Å². The Labute approximate surface area is 696 Å². The number of rotatable bonds is 23. The van der Waals surface area contributed by atoms with Crippen LogP contribution in [-0.2, 0) is 126 Å². The normalized spacial score (nSPS) is 20.5. The summed E-state index contributed by atoms with van der Waals surface area (Å²) < 4.78 is 310. The van der Waals surface area contributed by atoms with Gasteiger partial charge in [-0.05, 0) is 0 Å². The van der Waals surface area contributed by atoms with E-state index in [1.54, 1.807) is 0 Å². The van der Waals surface area contributed by atoms with Gasteiger partial charge in [0, 0.05) is 0 Å². The van der Waals surface area contributed by atoms with Gasteiger partial charge in [-0.25, -0.2) is 67.3 Å². The van der Waals surface area contributed by atoms with E-state index in [1.165, 1.54) is 0 Å². The van der Waals surface area contributed by atoms with Crippen molar-refractivity contribution in [2.24, 2.45) is 0 Å². The predicted molar refractivity (Wildman–Crippen MR) is 140 cm³/mol. The molecule has 0 unspecified atom stereocenters. The van der Waals surface area contributed by atoms with Gasteiger partial charge in [-0.15, -0.1) is 0 Å². The monoisotopic (exact) mass is 1270 g/mol. The zero-order chi connectivity index (χ0) is 41.8. The second-order valence-corrected chi connectivity index (χ2v) is 16.8. The minimum atomic E-state index is -6.64. The fourth-order valence-electron chi connectivity index (χ4n) is 3.54. The van der Waals surface area contributed by atoms with Crippen LogP contribution >= 0.6 is 0 Å². The van der Waals surface area contributed by atoms with Crippen molar-refractivity contribution >= 4 is 83.2 Å². The number of ether oxygens (including phenoxy) is 2. The van der Waals surface area contributed by atoms with Crippen LogP contribution in [0, 0.1) is 0 Å². The molecule has 0 aromatic carbocycles. The third-order valence-corrected chi connectivity index (χ3v) is 8.59. The van der Waals surface area contributed by atoms with Crippen LogP contribution in [-0.4, -0.2) is 173 Å². The van der Waals surface area contributed by atoms with Crippen LogP contribution in [0.25, 0.3) is 0 Å². The van der Waals surface area contributed by atoms with E-state index in [2.05, 4.69) is 42.9 Å². The van der Waals surface area contributed by atoms with E-state index in [-0.39, 0.29) is 419 Å². The predicted octanol–water partition coefficient (Wildman–Crippen LogP) is -32.6. The van der Waals surface area contributed by atoms with Gasteiger partial charge in [-0.3, -0.25) is 33.5 Å².